The van der Waals surface area contributed by atoms with Crippen LogP contribution >= 0.6 is 0 Å². The molecule has 0 aliphatic heterocycles. The lowest BCUT2D eigenvalue weighted by Gasteiger charge is -1.94. The Morgan fingerprint density at radius 2 is 2.00 bits per heavy atom. The maximum atomic E-state index is 6.89. The first-order valence-corrected chi connectivity index (χ1v) is 2.40. The van der Waals surface area contributed by atoms with Crippen LogP contribution in [0.25, 0.3) is 0 Å². The summed E-state index contributed by atoms with van der Waals surface area (Å²) in [5.74, 6) is 0.585. The van der Waals surface area contributed by atoms with Gasteiger partial charge in [-0.05, 0) is 0 Å². The number of hydrogen-bond acceptors (Lipinski definition) is 3. The van der Waals surface area contributed by atoms with Crippen molar-refractivity contribution in [2.45, 2.75) is 0 Å². The minimum absolute atomic E-state index is 0.0100. The predicted octanol–water partition coefficient (Wildman–Crippen LogP) is 0.400. The third-order valence-electron chi connectivity index (χ3n) is 0.864. The van der Waals surface area contributed by atoms with Crippen LogP contribution in [0.2, 0.25) is 0 Å². The quantitative estimate of drug-likeness (QED) is 0.544. The monoisotopic (exact) mass is 124 g/mol. The summed E-state index contributed by atoms with van der Waals surface area (Å²) in [5, 5.41) is 0. The summed E-state index contributed by atoms with van der Waals surface area (Å²) in [7, 11) is 1.53. The van der Waals surface area contributed by atoms with E-state index in [1.165, 1.54) is 19.5 Å². The Labute approximate surface area is 52.7 Å². The second kappa shape index (κ2) is 2.30. The number of aromatic nitrogens is 2. The molecular weight excluding hydrogens is 118 g/mol. The number of ether oxygens (including phenoxy) is 1. The Kier molecular flexibility index (Phi) is 1.48. The molecule has 47 valence electrons. The van der Waals surface area contributed by atoms with Crippen LogP contribution in [-0.4, -0.2) is 17.1 Å². The normalized spacial score (nSPS) is 9.00. The van der Waals surface area contributed by atoms with Gasteiger partial charge >= 0.3 is 0 Å². The second-order valence-corrected chi connectivity index (χ2v) is 1.45. The number of rotatable bonds is 1. The van der Waals surface area contributed by atoms with Gasteiger partial charge in [-0.2, -0.15) is 0 Å². The van der Waals surface area contributed by atoms with Crippen LogP contribution in [0.1, 0.15) is 0 Å². The van der Waals surface area contributed by atoms with Crippen molar-refractivity contribution in [1.29, 1.82) is 0 Å². The van der Waals surface area contributed by atoms with E-state index in [1.54, 1.807) is 0 Å². The lowest BCUT2D eigenvalue weighted by atomic mass is 10.6. The van der Waals surface area contributed by atoms with Crippen molar-refractivity contribution in [2.24, 2.45) is 0 Å². The van der Waals surface area contributed by atoms with Gasteiger partial charge in [0.1, 0.15) is 0 Å². The molecule has 1 N–H and O–H groups in total. The first-order valence-electron chi connectivity index (χ1n) is 2.40. The highest BCUT2D eigenvalue weighted by Gasteiger charge is 1.89. The summed E-state index contributed by atoms with van der Waals surface area (Å²) in [6.07, 6.45) is 2.91. The van der Waals surface area contributed by atoms with Gasteiger partial charge < -0.3 is 4.74 Å². The molecule has 1 heterocycles. The van der Waals surface area contributed by atoms with Gasteiger partial charge in [-0.1, -0.05) is 0 Å². The molecule has 1 rings (SSSR count). The second-order valence-electron chi connectivity index (χ2n) is 1.45. The van der Waals surface area contributed by atoms with E-state index < -0.39 is 0 Å². The average Bonchev–Trinajstić information content (AvgIpc) is 1.90. The highest BCUT2D eigenvalue weighted by molar-refractivity contribution is 5.17. The van der Waals surface area contributed by atoms with Crippen molar-refractivity contribution >= 4 is 5.95 Å². The highest BCUT2D eigenvalue weighted by Crippen LogP contribution is 2.04. The maximum Gasteiger partial charge on any atom is 0.241 e. The summed E-state index contributed by atoms with van der Waals surface area (Å²) in [4.78, 5) is 7.16. The molecule has 0 aliphatic rings. The number of methoxy groups -OCH3 is 1. The molecule has 0 bridgehead atoms. The zero-order chi connectivity index (χ0) is 6.69. The van der Waals surface area contributed by atoms with Gasteiger partial charge in [-0.3, -0.25) is 5.73 Å². The van der Waals surface area contributed by atoms with E-state index in [4.69, 9.17) is 10.5 Å². The number of hydrogen-bond donors (Lipinski definition) is 0. The molecule has 0 spiro atoms. The molecule has 0 saturated heterocycles. The molecular formula is C5H6N3O. The molecule has 0 saturated carbocycles. The minimum atomic E-state index is 0.0100. The van der Waals surface area contributed by atoms with Crippen LogP contribution in [-0.2, 0) is 0 Å². The summed E-state index contributed by atoms with van der Waals surface area (Å²) in [6, 6.07) is 0. The molecule has 1 radical (unpaired) electrons. The largest absolute Gasteiger partial charge is 0.494 e. The minimum Gasteiger partial charge on any atom is -0.494 e. The van der Waals surface area contributed by atoms with E-state index >= 15 is 0 Å². The van der Waals surface area contributed by atoms with Crippen molar-refractivity contribution in [1.82, 2.24) is 15.7 Å². The van der Waals surface area contributed by atoms with E-state index in [1.807, 2.05) is 0 Å². The van der Waals surface area contributed by atoms with Gasteiger partial charge in [0.15, 0.2) is 5.75 Å². The van der Waals surface area contributed by atoms with Gasteiger partial charge in [0, 0.05) is 0 Å². The fraction of sp³-hybridized carbons (Fsp3) is 0.200. The predicted molar refractivity (Wildman–Crippen MR) is 31.3 cm³/mol. The third kappa shape index (κ3) is 1.28. The van der Waals surface area contributed by atoms with Crippen molar-refractivity contribution < 1.29 is 4.74 Å². The van der Waals surface area contributed by atoms with E-state index in [2.05, 4.69) is 9.97 Å². The molecule has 0 unspecified atom stereocenters. The zero-order valence-corrected chi connectivity index (χ0v) is 4.96. The van der Waals surface area contributed by atoms with Gasteiger partial charge in [0.25, 0.3) is 0 Å². The lowest BCUT2D eigenvalue weighted by Crippen LogP contribution is -1.86. The fourth-order valence-electron chi connectivity index (χ4n) is 0.422. The third-order valence-corrected chi connectivity index (χ3v) is 0.864. The Bertz CT molecular complexity index is 184. The van der Waals surface area contributed by atoms with Crippen LogP contribution in [0, 0.1) is 0 Å². The van der Waals surface area contributed by atoms with Crippen molar-refractivity contribution in [3.8, 4) is 5.75 Å². The van der Waals surface area contributed by atoms with E-state index in [9.17, 15) is 0 Å². The topological polar surface area (TPSA) is 58.8 Å². The number of nitrogens with one attached hydrogen (secondary N) is 1. The fourth-order valence-corrected chi connectivity index (χ4v) is 0.422. The van der Waals surface area contributed by atoms with Crippen LogP contribution in [0.5, 0.6) is 5.75 Å². The zero-order valence-electron chi connectivity index (χ0n) is 4.96. The Morgan fingerprint density at radius 3 is 2.44 bits per heavy atom. The van der Waals surface area contributed by atoms with Gasteiger partial charge in [0.05, 0.1) is 19.5 Å². The Hall–Kier alpha value is -1.32. The molecule has 4 nitrogen and oxygen atoms in total. The van der Waals surface area contributed by atoms with Crippen LogP contribution in [0.3, 0.4) is 0 Å². The molecule has 0 aliphatic carbocycles. The maximum absolute atomic E-state index is 6.89. The summed E-state index contributed by atoms with van der Waals surface area (Å²) < 4.78 is 4.76. The first-order chi connectivity index (χ1) is 4.33. The van der Waals surface area contributed by atoms with Gasteiger partial charge in [-0.15, -0.1) is 0 Å². The average molecular weight is 124 g/mol. The van der Waals surface area contributed by atoms with Crippen LogP contribution in [0.4, 0.5) is 5.95 Å². The highest BCUT2D eigenvalue weighted by atomic mass is 16.5. The van der Waals surface area contributed by atoms with Crippen molar-refractivity contribution in [3.05, 3.63) is 12.4 Å². The van der Waals surface area contributed by atoms with Gasteiger partial charge in [-0.25, -0.2) is 9.97 Å². The molecule has 0 amide bonds. The molecule has 9 heavy (non-hydrogen) atoms. The molecule has 1 aromatic heterocycles. The smallest absolute Gasteiger partial charge is 0.241 e. The van der Waals surface area contributed by atoms with E-state index in [0.29, 0.717) is 5.75 Å². The molecule has 0 aromatic carbocycles. The summed E-state index contributed by atoms with van der Waals surface area (Å²) in [5.41, 5.74) is 6.89. The van der Waals surface area contributed by atoms with Crippen LogP contribution < -0.4 is 10.5 Å². The van der Waals surface area contributed by atoms with Crippen LogP contribution in [0.15, 0.2) is 12.4 Å². The molecule has 0 fully saturated rings. The summed E-state index contributed by atoms with van der Waals surface area (Å²) in [6.45, 7) is 0. The Morgan fingerprint density at radius 1 is 1.44 bits per heavy atom. The van der Waals surface area contributed by atoms with E-state index in [-0.39, 0.29) is 5.95 Å². The molecule has 0 atom stereocenters. The van der Waals surface area contributed by atoms with Crippen molar-refractivity contribution in [2.75, 3.05) is 7.11 Å². The SMILES string of the molecule is COc1cnc([NH])nc1. The van der Waals surface area contributed by atoms with E-state index in [0.717, 1.165) is 0 Å². The first kappa shape index (κ1) is 5.81. The standard InChI is InChI=1S/C5H6N3O/c1-9-4-2-7-5(6)8-3-4/h2-3,6H,1H3. The number of nitrogens with zero attached hydrogens (tertiary/aromatic N) is 2. The summed E-state index contributed by atoms with van der Waals surface area (Å²) >= 11 is 0. The molecule has 4 heteroatoms. The lowest BCUT2D eigenvalue weighted by molar-refractivity contribution is 0.411. The molecule has 1 aromatic rings. The van der Waals surface area contributed by atoms with Crippen molar-refractivity contribution in [3.63, 3.8) is 0 Å². The Balaban J connectivity index is 2.88. The van der Waals surface area contributed by atoms with Gasteiger partial charge in [0.2, 0.25) is 5.95 Å².